The zero-order valence-corrected chi connectivity index (χ0v) is 11.5. The molecule has 0 unspecified atom stereocenters. The monoisotopic (exact) mass is 281 g/mol. The van der Waals surface area contributed by atoms with Crippen molar-refractivity contribution in [1.82, 2.24) is 0 Å². The lowest BCUT2D eigenvalue weighted by Gasteiger charge is -2.20. The van der Waals surface area contributed by atoms with Crippen molar-refractivity contribution >= 4 is 21.8 Å². The lowest BCUT2D eigenvalue weighted by molar-refractivity contribution is 0.348. The molecule has 0 aliphatic carbocycles. The van der Waals surface area contributed by atoms with Crippen LogP contribution in [0.25, 0.3) is 0 Å². The summed E-state index contributed by atoms with van der Waals surface area (Å²) in [6.45, 7) is 8.08. The first-order valence-corrected chi connectivity index (χ1v) is 6.25. The lowest BCUT2D eigenvalue weighted by Crippen LogP contribution is -2.12. The second-order valence-corrected chi connectivity index (χ2v) is 5.83. The van der Waals surface area contributed by atoms with Gasteiger partial charge in [0, 0.05) is 4.47 Å². The van der Waals surface area contributed by atoms with Crippen molar-refractivity contribution in [1.29, 1.82) is 0 Å². The zero-order chi connectivity index (χ0) is 11.8. The van der Waals surface area contributed by atoms with Crippen molar-refractivity contribution < 1.29 is 4.74 Å². The SMILES string of the molecule is CC(C)(C)c1ccc(C2=NCCO2)c(Br)c1. The first-order chi connectivity index (χ1) is 7.48. The highest BCUT2D eigenvalue weighted by Gasteiger charge is 2.18. The number of ether oxygens (including phenoxy) is 1. The number of halogens is 1. The van der Waals surface area contributed by atoms with Gasteiger partial charge in [0.1, 0.15) is 6.61 Å². The molecule has 86 valence electrons. The Kier molecular flexibility index (Phi) is 3.06. The van der Waals surface area contributed by atoms with E-state index in [2.05, 4.69) is 59.9 Å². The van der Waals surface area contributed by atoms with Crippen LogP contribution in [-0.4, -0.2) is 19.0 Å². The number of rotatable bonds is 1. The van der Waals surface area contributed by atoms with Gasteiger partial charge in [-0.05, 0) is 39.0 Å². The Hall–Kier alpha value is -0.830. The minimum atomic E-state index is 0.166. The molecular weight excluding hydrogens is 266 g/mol. The summed E-state index contributed by atoms with van der Waals surface area (Å²) in [5, 5.41) is 0. The third-order valence-corrected chi connectivity index (χ3v) is 3.31. The Morgan fingerprint density at radius 2 is 2.06 bits per heavy atom. The predicted octanol–water partition coefficient (Wildman–Crippen LogP) is 3.52. The molecule has 1 aromatic rings. The molecule has 0 fully saturated rings. The van der Waals surface area contributed by atoms with Gasteiger partial charge >= 0.3 is 0 Å². The maximum Gasteiger partial charge on any atom is 0.217 e. The fourth-order valence-corrected chi connectivity index (χ4v) is 2.20. The largest absolute Gasteiger partial charge is 0.475 e. The summed E-state index contributed by atoms with van der Waals surface area (Å²) >= 11 is 3.59. The van der Waals surface area contributed by atoms with Crippen LogP contribution in [0.15, 0.2) is 27.7 Å². The van der Waals surface area contributed by atoms with Crippen molar-refractivity contribution in [2.45, 2.75) is 26.2 Å². The Morgan fingerprint density at radius 3 is 2.56 bits per heavy atom. The van der Waals surface area contributed by atoms with Gasteiger partial charge in [-0.25, -0.2) is 4.99 Å². The van der Waals surface area contributed by atoms with Gasteiger partial charge in [-0.3, -0.25) is 0 Å². The van der Waals surface area contributed by atoms with E-state index in [9.17, 15) is 0 Å². The highest BCUT2D eigenvalue weighted by atomic mass is 79.9. The van der Waals surface area contributed by atoms with Crippen LogP contribution in [0.5, 0.6) is 0 Å². The number of aliphatic imine (C=N–C) groups is 1. The molecule has 0 spiro atoms. The van der Waals surface area contributed by atoms with Gasteiger partial charge in [-0.15, -0.1) is 0 Å². The Labute approximate surface area is 105 Å². The van der Waals surface area contributed by atoms with Crippen molar-refractivity contribution in [2.75, 3.05) is 13.2 Å². The average Bonchev–Trinajstić information content (AvgIpc) is 2.69. The van der Waals surface area contributed by atoms with E-state index in [4.69, 9.17) is 4.74 Å². The van der Waals surface area contributed by atoms with Crippen molar-refractivity contribution in [3.8, 4) is 0 Å². The molecule has 0 bridgehead atoms. The summed E-state index contributed by atoms with van der Waals surface area (Å²) in [7, 11) is 0. The summed E-state index contributed by atoms with van der Waals surface area (Å²) in [6, 6.07) is 6.37. The van der Waals surface area contributed by atoms with E-state index in [0.717, 1.165) is 22.5 Å². The van der Waals surface area contributed by atoms with E-state index in [1.54, 1.807) is 0 Å². The van der Waals surface area contributed by atoms with E-state index >= 15 is 0 Å². The number of hydrogen-bond acceptors (Lipinski definition) is 2. The van der Waals surface area contributed by atoms with E-state index in [0.29, 0.717) is 6.61 Å². The number of nitrogens with zero attached hydrogens (tertiary/aromatic N) is 1. The molecule has 2 nitrogen and oxygen atoms in total. The second-order valence-electron chi connectivity index (χ2n) is 4.98. The fraction of sp³-hybridized carbons (Fsp3) is 0.462. The van der Waals surface area contributed by atoms with Gasteiger partial charge in [0.25, 0.3) is 0 Å². The fourth-order valence-electron chi connectivity index (χ4n) is 1.65. The summed E-state index contributed by atoms with van der Waals surface area (Å²) in [4.78, 5) is 4.32. The molecule has 16 heavy (non-hydrogen) atoms. The predicted molar refractivity (Wildman–Crippen MR) is 70.2 cm³/mol. The minimum Gasteiger partial charge on any atom is -0.475 e. The van der Waals surface area contributed by atoms with E-state index in [-0.39, 0.29) is 5.41 Å². The maximum absolute atomic E-state index is 5.47. The van der Waals surface area contributed by atoms with Crippen LogP contribution in [0, 0.1) is 0 Å². The van der Waals surface area contributed by atoms with Crippen molar-refractivity contribution in [3.05, 3.63) is 33.8 Å². The molecule has 2 rings (SSSR count). The molecule has 0 N–H and O–H groups in total. The second kappa shape index (κ2) is 4.21. The summed E-state index contributed by atoms with van der Waals surface area (Å²) in [5.74, 6) is 0.757. The van der Waals surface area contributed by atoms with E-state index < -0.39 is 0 Å². The van der Waals surface area contributed by atoms with Gasteiger partial charge in [0.15, 0.2) is 0 Å². The van der Waals surface area contributed by atoms with Crippen LogP contribution in [0.1, 0.15) is 31.9 Å². The summed E-state index contributed by atoms with van der Waals surface area (Å²) in [6.07, 6.45) is 0. The molecule has 0 saturated carbocycles. The van der Waals surface area contributed by atoms with Crippen molar-refractivity contribution in [3.63, 3.8) is 0 Å². The van der Waals surface area contributed by atoms with Crippen molar-refractivity contribution in [2.24, 2.45) is 4.99 Å². The first-order valence-electron chi connectivity index (χ1n) is 5.46. The van der Waals surface area contributed by atoms with Crippen LogP contribution in [0.3, 0.4) is 0 Å². The molecule has 1 aliphatic rings. The minimum absolute atomic E-state index is 0.166. The highest BCUT2D eigenvalue weighted by Crippen LogP contribution is 2.28. The molecule has 0 amide bonds. The zero-order valence-electron chi connectivity index (χ0n) is 9.88. The molecule has 1 aliphatic heterocycles. The molecule has 0 radical (unpaired) electrons. The van der Waals surface area contributed by atoms with Crippen LogP contribution in [0.4, 0.5) is 0 Å². The number of benzene rings is 1. The van der Waals surface area contributed by atoms with Crippen LogP contribution in [-0.2, 0) is 10.2 Å². The van der Waals surface area contributed by atoms with Crippen LogP contribution >= 0.6 is 15.9 Å². The van der Waals surface area contributed by atoms with E-state index in [1.807, 2.05) is 0 Å². The Balaban J connectivity index is 2.37. The maximum atomic E-state index is 5.47. The Morgan fingerprint density at radius 1 is 1.31 bits per heavy atom. The van der Waals surface area contributed by atoms with E-state index in [1.165, 1.54) is 5.56 Å². The third kappa shape index (κ3) is 2.29. The van der Waals surface area contributed by atoms with Gasteiger partial charge < -0.3 is 4.74 Å². The van der Waals surface area contributed by atoms with Gasteiger partial charge in [-0.2, -0.15) is 0 Å². The highest BCUT2D eigenvalue weighted by molar-refractivity contribution is 9.10. The molecule has 1 aromatic carbocycles. The van der Waals surface area contributed by atoms with Gasteiger partial charge in [0.2, 0.25) is 5.90 Å². The topological polar surface area (TPSA) is 21.6 Å². The quantitative estimate of drug-likeness (QED) is 0.772. The lowest BCUT2D eigenvalue weighted by atomic mass is 9.87. The third-order valence-electron chi connectivity index (χ3n) is 2.65. The van der Waals surface area contributed by atoms with Crippen LogP contribution < -0.4 is 0 Å². The smallest absolute Gasteiger partial charge is 0.217 e. The Bertz CT molecular complexity index is 432. The molecule has 0 aromatic heterocycles. The molecule has 1 heterocycles. The standard InChI is InChI=1S/C13H16BrNO/c1-13(2,3)9-4-5-10(11(14)8-9)12-15-6-7-16-12/h4-5,8H,6-7H2,1-3H3. The van der Waals surface area contributed by atoms with Gasteiger partial charge in [-0.1, -0.05) is 26.8 Å². The molecule has 3 heteroatoms. The molecule has 0 atom stereocenters. The average molecular weight is 282 g/mol. The first kappa shape index (κ1) is 11.6. The van der Waals surface area contributed by atoms with Crippen LogP contribution in [0.2, 0.25) is 0 Å². The molecule has 0 saturated heterocycles. The normalized spacial score (nSPS) is 15.9. The number of hydrogen-bond donors (Lipinski definition) is 0. The molecular formula is C13H16BrNO. The van der Waals surface area contributed by atoms with Gasteiger partial charge in [0.05, 0.1) is 12.1 Å². The summed E-state index contributed by atoms with van der Waals surface area (Å²) in [5.41, 5.74) is 2.52. The summed E-state index contributed by atoms with van der Waals surface area (Å²) < 4.78 is 6.52.